The van der Waals surface area contributed by atoms with Gasteiger partial charge in [-0.05, 0) is 13.0 Å². The van der Waals surface area contributed by atoms with E-state index >= 15 is 0 Å². The molecule has 5 atom stereocenters. The van der Waals surface area contributed by atoms with Crippen LogP contribution in [0, 0.1) is 0 Å². The molecule has 0 saturated heterocycles. The number of rotatable bonds is 11. The first-order valence-electron chi connectivity index (χ1n) is 8.83. The Morgan fingerprint density at radius 2 is 2.07 bits per heavy atom. The summed E-state index contributed by atoms with van der Waals surface area (Å²) in [6, 6.07) is 0. The van der Waals surface area contributed by atoms with E-state index in [1.165, 1.54) is 43.4 Å². The Bertz CT molecular complexity index is 722. The largest absolute Gasteiger partial charge is 1.00 e. The molecule has 1 rings (SSSR count). The van der Waals surface area contributed by atoms with Crippen molar-refractivity contribution in [2.45, 2.75) is 43.7 Å². The number of hydrogen-bond acceptors (Lipinski definition) is 8. The maximum atomic E-state index is 11.2. The molecule has 30 heavy (non-hydrogen) atoms. The zero-order valence-corrected chi connectivity index (χ0v) is 19.8. The van der Waals surface area contributed by atoms with Crippen molar-refractivity contribution in [3.05, 3.63) is 60.8 Å². The van der Waals surface area contributed by atoms with Gasteiger partial charge in [-0.15, -0.1) is 0 Å². The van der Waals surface area contributed by atoms with Crippen molar-refractivity contribution in [2.24, 2.45) is 0 Å². The fourth-order valence-electron chi connectivity index (χ4n) is 2.37. The summed E-state index contributed by atoms with van der Waals surface area (Å²) in [5.41, 5.74) is -1.91. The quantitative estimate of drug-likeness (QED) is 0.0870. The van der Waals surface area contributed by atoms with Gasteiger partial charge >= 0.3 is 35.5 Å². The molecule has 0 radical (unpaired) electrons. The van der Waals surface area contributed by atoms with Gasteiger partial charge < -0.3 is 34.4 Å². The minimum absolute atomic E-state index is 0. The number of carbonyl (C=O) groups is 1. The van der Waals surface area contributed by atoms with Crippen LogP contribution in [0.5, 0.6) is 0 Å². The molecule has 0 aliphatic carbocycles. The van der Waals surface area contributed by atoms with Crippen LogP contribution >= 0.6 is 7.82 Å². The van der Waals surface area contributed by atoms with Crippen molar-refractivity contribution in [1.29, 1.82) is 0 Å². The summed E-state index contributed by atoms with van der Waals surface area (Å²) in [5.74, 6) is -0.541. The van der Waals surface area contributed by atoms with Gasteiger partial charge in [0.05, 0.1) is 12.7 Å². The third kappa shape index (κ3) is 12.8. The number of aliphatic hydroxyl groups is 3. The second-order valence-corrected chi connectivity index (χ2v) is 7.59. The summed E-state index contributed by atoms with van der Waals surface area (Å²) in [7, 11) is -5.21. The van der Waals surface area contributed by atoms with Crippen LogP contribution in [0.25, 0.3) is 0 Å². The van der Waals surface area contributed by atoms with Gasteiger partial charge in [-0.3, -0.25) is 4.57 Å². The van der Waals surface area contributed by atoms with E-state index in [9.17, 15) is 24.5 Å². The number of allylic oxidation sites excluding steroid dienone is 4. The van der Waals surface area contributed by atoms with Crippen molar-refractivity contribution in [1.82, 2.24) is 0 Å². The Morgan fingerprint density at radius 1 is 1.40 bits per heavy atom. The predicted molar refractivity (Wildman–Crippen MR) is 103 cm³/mol. The summed E-state index contributed by atoms with van der Waals surface area (Å²) in [6.45, 7) is 1.13. The van der Waals surface area contributed by atoms with Crippen molar-refractivity contribution in [3.8, 4) is 0 Å². The van der Waals surface area contributed by atoms with Crippen LogP contribution in [0.15, 0.2) is 60.8 Å². The minimum atomic E-state index is -5.21. The molecule has 1 unspecified atom stereocenters. The van der Waals surface area contributed by atoms with Crippen molar-refractivity contribution in [2.75, 3.05) is 6.61 Å². The van der Waals surface area contributed by atoms with Crippen LogP contribution in [0.1, 0.15) is 19.8 Å². The van der Waals surface area contributed by atoms with Gasteiger partial charge in [-0.2, -0.15) is 0 Å². The third-order valence-electron chi connectivity index (χ3n) is 3.81. The summed E-state index contributed by atoms with van der Waals surface area (Å²) < 4.78 is 20.8. The zero-order chi connectivity index (χ0) is 21.9. The van der Waals surface area contributed by atoms with Gasteiger partial charge in [-0.1, -0.05) is 48.6 Å². The monoisotopic (exact) mass is 452 g/mol. The van der Waals surface area contributed by atoms with Crippen LogP contribution in [0.4, 0.5) is 0 Å². The Balaban J connectivity index is 0.00000841. The predicted octanol–water partition coefficient (Wildman–Crippen LogP) is -2.57. The Morgan fingerprint density at radius 3 is 2.67 bits per heavy atom. The molecule has 1 heterocycles. The maximum Gasteiger partial charge on any atom is 1.00 e. The molecule has 0 aromatic carbocycles. The number of carbonyl (C=O) groups excluding carboxylic acids is 1. The van der Waals surface area contributed by atoms with Gasteiger partial charge in [0, 0.05) is 18.9 Å². The van der Waals surface area contributed by atoms with Gasteiger partial charge in [0.1, 0.15) is 17.8 Å². The number of ether oxygens (including phenoxy) is 1. The molecule has 162 valence electrons. The number of aliphatic hydroxyl groups excluding tert-OH is 2. The molecular formula is C19H26NaO9P. The number of hydrogen-bond donors (Lipinski definition) is 4. The molecule has 0 amide bonds. The second-order valence-electron chi connectivity index (χ2n) is 6.44. The standard InChI is InChI=1S/C19H27O9P.Na/c1-19(23,12-11-16-9-7-10-18(22)27-16)17(28-29(24,25)26)14-15(21)8-5-3-2-4-6-13-20;/h2-8,10-12,15-17,20-21,23H,9,13-14H2,1H3,(H2,24,25,26);/q;+1/p-1/b3-2-,6-4+,8-5-,12-11+;/t15-,16-,17+,19+;/m0./s1. The second kappa shape index (κ2) is 14.3. The summed E-state index contributed by atoms with van der Waals surface area (Å²) >= 11 is 0. The van der Waals surface area contributed by atoms with E-state index in [4.69, 9.17) is 14.7 Å². The molecule has 0 aromatic rings. The minimum Gasteiger partial charge on any atom is -0.756 e. The fourth-order valence-corrected chi connectivity index (χ4v) is 2.99. The van der Waals surface area contributed by atoms with E-state index in [0.29, 0.717) is 6.42 Å². The van der Waals surface area contributed by atoms with E-state index in [0.717, 1.165) is 0 Å². The molecule has 0 saturated carbocycles. The smallest absolute Gasteiger partial charge is 0.756 e. The number of phosphoric ester groups is 1. The Hall–Kier alpha value is -0.840. The fraction of sp³-hybridized carbons (Fsp3) is 0.421. The summed E-state index contributed by atoms with van der Waals surface area (Å²) in [5, 5.41) is 29.3. The molecule has 0 fully saturated rings. The molecule has 0 aromatic heterocycles. The van der Waals surface area contributed by atoms with Crippen molar-refractivity contribution in [3.63, 3.8) is 0 Å². The number of phosphoric acid groups is 1. The molecule has 0 spiro atoms. The molecular weight excluding hydrogens is 426 g/mol. The molecule has 0 bridgehead atoms. The summed E-state index contributed by atoms with van der Waals surface area (Å²) in [4.78, 5) is 31.5. The van der Waals surface area contributed by atoms with Gasteiger partial charge in [-0.25, -0.2) is 4.79 Å². The van der Waals surface area contributed by atoms with E-state index in [-0.39, 0.29) is 42.6 Å². The van der Waals surface area contributed by atoms with E-state index in [1.54, 1.807) is 24.3 Å². The Labute approximate surface area is 197 Å². The van der Waals surface area contributed by atoms with Crippen LogP contribution < -0.4 is 34.5 Å². The van der Waals surface area contributed by atoms with E-state index < -0.39 is 37.7 Å². The molecule has 1 aliphatic heterocycles. The first kappa shape index (κ1) is 29.2. The normalized spacial score (nSPS) is 23.4. The third-order valence-corrected chi connectivity index (χ3v) is 4.34. The molecule has 4 N–H and O–H groups in total. The van der Waals surface area contributed by atoms with Crippen molar-refractivity contribution < 1.29 is 73.3 Å². The van der Waals surface area contributed by atoms with Crippen molar-refractivity contribution >= 4 is 13.8 Å². The van der Waals surface area contributed by atoms with E-state index in [2.05, 4.69) is 4.52 Å². The summed E-state index contributed by atoms with van der Waals surface area (Å²) in [6.07, 6.45) is 11.2. The SMILES string of the molecule is C[C@@](O)(/C=C/[C@@H]1CC=CC(=O)O1)[C@@H](C[C@@H](O)\C=C/C=C\C=C\CO)OP(=O)([O-])O.[Na+]. The zero-order valence-electron chi connectivity index (χ0n) is 16.9. The molecule has 9 nitrogen and oxygen atoms in total. The van der Waals surface area contributed by atoms with Crippen LogP contribution in [-0.2, 0) is 18.6 Å². The first-order chi connectivity index (χ1) is 13.5. The first-order valence-corrected chi connectivity index (χ1v) is 10.3. The topological polar surface area (TPSA) is 157 Å². The average Bonchev–Trinajstić information content (AvgIpc) is 2.61. The van der Waals surface area contributed by atoms with E-state index in [1.807, 2.05) is 0 Å². The maximum absolute atomic E-state index is 11.2. The van der Waals surface area contributed by atoms with Gasteiger partial charge in [0.25, 0.3) is 7.82 Å². The number of esters is 1. The average molecular weight is 452 g/mol. The Kier molecular flexibility index (Phi) is 13.9. The van der Waals surface area contributed by atoms with Gasteiger partial charge in [0.15, 0.2) is 0 Å². The van der Waals surface area contributed by atoms with Crippen LogP contribution in [0.2, 0.25) is 0 Å². The van der Waals surface area contributed by atoms with Crippen LogP contribution in [-0.4, -0.2) is 56.7 Å². The molecule has 11 heteroatoms. The van der Waals surface area contributed by atoms with Crippen LogP contribution in [0.3, 0.4) is 0 Å². The number of cyclic esters (lactones) is 1. The van der Waals surface area contributed by atoms with Gasteiger partial charge in [0.2, 0.25) is 0 Å². The molecule has 1 aliphatic rings.